The highest BCUT2D eigenvalue weighted by Crippen LogP contribution is 2.16. The zero-order chi connectivity index (χ0) is 12.1. The third-order valence-electron chi connectivity index (χ3n) is 2.88. The maximum absolute atomic E-state index is 4.39. The number of hydrogen-bond acceptors (Lipinski definition) is 1. The zero-order valence-electron chi connectivity index (χ0n) is 10.0. The quantitative estimate of drug-likeness (QED) is 0.762. The van der Waals surface area contributed by atoms with Crippen LogP contribution in [-0.2, 0) is 6.42 Å². The maximum Gasteiger partial charge on any atom is 0.0648 e. The van der Waals surface area contributed by atoms with Crippen molar-refractivity contribution in [3.8, 4) is 5.69 Å². The Hall–Kier alpha value is -1.09. The first-order valence-electron chi connectivity index (χ1n) is 6.03. The van der Waals surface area contributed by atoms with Gasteiger partial charge in [0.15, 0.2) is 0 Å². The predicted molar refractivity (Wildman–Crippen MR) is 74.9 cm³/mol. The average Bonchev–Trinajstić information content (AvgIpc) is 2.85. The van der Waals surface area contributed by atoms with E-state index in [0.717, 1.165) is 18.5 Å². The van der Waals surface area contributed by atoms with Crippen molar-refractivity contribution in [3.63, 3.8) is 0 Å². The molecule has 0 spiro atoms. The van der Waals surface area contributed by atoms with E-state index in [1.807, 2.05) is 29.1 Å². The van der Waals surface area contributed by atoms with E-state index in [1.54, 1.807) is 0 Å². The van der Waals surface area contributed by atoms with Crippen LogP contribution in [0.15, 0.2) is 42.6 Å². The molecule has 90 valence electrons. The Balaban J connectivity index is 2.12. The van der Waals surface area contributed by atoms with Crippen molar-refractivity contribution < 1.29 is 0 Å². The van der Waals surface area contributed by atoms with Crippen molar-refractivity contribution in [2.24, 2.45) is 0 Å². The van der Waals surface area contributed by atoms with Gasteiger partial charge in [-0.25, -0.2) is 4.68 Å². The number of nitrogens with zero attached hydrogens (tertiary/aromatic N) is 2. The standard InChI is InChI=1S/C14H17BrN2/c1-2-12(15)8-9-14-10-11-16-17(14)13-6-4-3-5-7-13/h3-7,10-12H,2,8-9H2,1H3. The first-order chi connectivity index (χ1) is 8.31. The lowest BCUT2D eigenvalue weighted by molar-refractivity contribution is 0.705. The molecule has 1 heterocycles. The number of hydrogen-bond donors (Lipinski definition) is 0. The number of aryl methyl sites for hydroxylation is 1. The Labute approximate surface area is 111 Å². The van der Waals surface area contributed by atoms with Crippen LogP contribution >= 0.6 is 15.9 Å². The molecule has 17 heavy (non-hydrogen) atoms. The van der Waals surface area contributed by atoms with Gasteiger partial charge in [-0.1, -0.05) is 41.1 Å². The summed E-state index contributed by atoms with van der Waals surface area (Å²) >= 11 is 3.67. The second kappa shape index (κ2) is 6.01. The molecule has 0 aliphatic rings. The molecule has 0 amide bonds. The van der Waals surface area contributed by atoms with E-state index >= 15 is 0 Å². The molecule has 3 heteroatoms. The fraction of sp³-hybridized carbons (Fsp3) is 0.357. The van der Waals surface area contributed by atoms with Crippen molar-refractivity contribution in [1.82, 2.24) is 9.78 Å². The van der Waals surface area contributed by atoms with Crippen molar-refractivity contribution in [2.45, 2.75) is 31.0 Å². The van der Waals surface area contributed by atoms with Gasteiger partial charge in [-0.15, -0.1) is 0 Å². The van der Waals surface area contributed by atoms with Crippen LogP contribution in [-0.4, -0.2) is 14.6 Å². The highest BCUT2D eigenvalue weighted by Gasteiger charge is 2.07. The first-order valence-corrected chi connectivity index (χ1v) is 6.95. The summed E-state index contributed by atoms with van der Waals surface area (Å²) in [5.41, 5.74) is 2.41. The Morgan fingerprint density at radius 2 is 2.00 bits per heavy atom. The minimum absolute atomic E-state index is 0.599. The molecule has 0 saturated heterocycles. The number of alkyl halides is 1. The van der Waals surface area contributed by atoms with Gasteiger partial charge in [-0.05, 0) is 37.5 Å². The van der Waals surface area contributed by atoms with Crippen molar-refractivity contribution in [2.75, 3.05) is 0 Å². The molecule has 1 atom stereocenters. The lowest BCUT2D eigenvalue weighted by atomic mass is 10.1. The second-order valence-corrected chi connectivity index (χ2v) is 5.41. The Morgan fingerprint density at radius 1 is 1.24 bits per heavy atom. The number of para-hydroxylation sites is 1. The third-order valence-corrected chi connectivity index (χ3v) is 3.98. The van der Waals surface area contributed by atoms with Gasteiger partial charge >= 0.3 is 0 Å². The van der Waals surface area contributed by atoms with Crippen LogP contribution in [0.5, 0.6) is 0 Å². The van der Waals surface area contributed by atoms with E-state index in [9.17, 15) is 0 Å². The Bertz CT molecular complexity index is 450. The largest absolute Gasteiger partial charge is 0.238 e. The molecule has 0 aliphatic heterocycles. The molecule has 2 aromatic rings. The van der Waals surface area contributed by atoms with Crippen LogP contribution in [0.25, 0.3) is 5.69 Å². The van der Waals surface area contributed by atoms with Crippen LogP contribution < -0.4 is 0 Å². The zero-order valence-corrected chi connectivity index (χ0v) is 11.6. The molecule has 0 radical (unpaired) electrons. The van der Waals surface area contributed by atoms with Gasteiger partial charge in [-0.2, -0.15) is 5.10 Å². The summed E-state index contributed by atoms with van der Waals surface area (Å²) in [7, 11) is 0. The van der Waals surface area contributed by atoms with Gasteiger partial charge in [0.25, 0.3) is 0 Å². The van der Waals surface area contributed by atoms with Crippen molar-refractivity contribution in [1.29, 1.82) is 0 Å². The molecule has 1 unspecified atom stereocenters. The molecule has 2 nitrogen and oxygen atoms in total. The molecular weight excluding hydrogens is 276 g/mol. The van der Waals surface area contributed by atoms with Crippen LogP contribution in [0.2, 0.25) is 0 Å². The van der Waals surface area contributed by atoms with Gasteiger partial charge in [0.2, 0.25) is 0 Å². The topological polar surface area (TPSA) is 17.8 Å². The van der Waals surface area contributed by atoms with E-state index < -0.39 is 0 Å². The van der Waals surface area contributed by atoms with Gasteiger partial charge < -0.3 is 0 Å². The van der Waals surface area contributed by atoms with Crippen LogP contribution in [0.4, 0.5) is 0 Å². The monoisotopic (exact) mass is 292 g/mol. The summed E-state index contributed by atoms with van der Waals surface area (Å²) in [6, 6.07) is 12.4. The summed E-state index contributed by atoms with van der Waals surface area (Å²) in [5, 5.41) is 4.39. The van der Waals surface area contributed by atoms with Crippen LogP contribution in [0.3, 0.4) is 0 Å². The summed E-state index contributed by atoms with van der Waals surface area (Å²) in [4.78, 5) is 0.599. The maximum atomic E-state index is 4.39. The minimum Gasteiger partial charge on any atom is -0.238 e. The summed E-state index contributed by atoms with van der Waals surface area (Å²) in [5.74, 6) is 0. The predicted octanol–water partition coefficient (Wildman–Crippen LogP) is 3.98. The highest BCUT2D eigenvalue weighted by atomic mass is 79.9. The van der Waals surface area contributed by atoms with E-state index in [4.69, 9.17) is 0 Å². The number of rotatable bonds is 5. The van der Waals surface area contributed by atoms with Crippen LogP contribution in [0.1, 0.15) is 25.5 Å². The van der Waals surface area contributed by atoms with Gasteiger partial charge in [0.05, 0.1) is 5.69 Å². The van der Waals surface area contributed by atoms with E-state index in [2.05, 4.69) is 46.2 Å². The second-order valence-electron chi connectivity index (χ2n) is 4.11. The lowest BCUT2D eigenvalue weighted by Gasteiger charge is -2.09. The van der Waals surface area contributed by atoms with Gasteiger partial charge in [0.1, 0.15) is 0 Å². The number of benzene rings is 1. The highest BCUT2D eigenvalue weighted by molar-refractivity contribution is 9.09. The molecule has 0 fully saturated rings. The number of halogens is 1. The summed E-state index contributed by atoms with van der Waals surface area (Å²) in [6.07, 6.45) is 5.24. The van der Waals surface area contributed by atoms with Crippen molar-refractivity contribution >= 4 is 15.9 Å². The van der Waals surface area contributed by atoms with Crippen molar-refractivity contribution in [3.05, 3.63) is 48.3 Å². The Morgan fingerprint density at radius 3 is 2.71 bits per heavy atom. The molecule has 0 aliphatic carbocycles. The molecule has 1 aromatic heterocycles. The fourth-order valence-corrected chi connectivity index (χ4v) is 2.06. The fourth-order valence-electron chi connectivity index (χ4n) is 1.83. The number of aromatic nitrogens is 2. The molecule has 0 bridgehead atoms. The molecule has 2 rings (SSSR count). The van der Waals surface area contributed by atoms with Gasteiger partial charge in [-0.3, -0.25) is 0 Å². The SMILES string of the molecule is CCC(Br)CCc1ccnn1-c1ccccc1. The van der Waals surface area contributed by atoms with E-state index in [-0.39, 0.29) is 0 Å². The third kappa shape index (κ3) is 3.19. The molecular formula is C14H17BrN2. The molecule has 0 N–H and O–H groups in total. The molecule has 0 saturated carbocycles. The Kier molecular flexibility index (Phi) is 4.37. The smallest absolute Gasteiger partial charge is 0.0648 e. The summed E-state index contributed by atoms with van der Waals surface area (Å²) in [6.45, 7) is 2.20. The van der Waals surface area contributed by atoms with Gasteiger partial charge in [0, 0.05) is 16.7 Å². The normalized spacial score (nSPS) is 12.6. The van der Waals surface area contributed by atoms with E-state index in [1.165, 1.54) is 12.1 Å². The van der Waals surface area contributed by atoms with Crippen LogP contribution in [0, 0.1) is 0 Å². The first kappa shape index (κ1) is 12.4. The van der Waals surface area contributed by atoms with E-state index in [0.29, 0.717) is 4.83 Å². The lowest BCUT2D eigenvalue weighted by Crippen LogP contribution is -2.05. The summed E-state index contributed by atoms with van der Waals surface area (Å²) < 4.78 is 2.02. The molecule has 1 aromatic carbocycles. The average molecular weight is 293 g/mol. The minimum atomic E-state index is 0.599.